The van der Waals surface area contributed by atoms with Crippen LogP contribution in [0.3, 0.4) is 0 Å². The normalized spacial score (nSPS) is 11.5. The SMILES string of the molecule is COc1cc(C=C(C#N)C(=O)C(C)(C)C)ccc1OC(=O)c1ccccc1C. The van der Waals surface area contributed by atoms with Gasteiger partial charge in [0.2, 0.25) is 0 Å². The van der Waals surface area contributed by atoms with E-state index in [4.69, 9.17) is 9.47 Å². The molecule has 0 N–H and O–H groups in total. The highest BCUT2D eigenvalue weighted by atomic mass is 16.6. The predicted molar refractivity (Wildman–Crippen MR) is 107 cm³/mol. The lowest BCUT2D eigenvalue weighted by Gasteiger charge is -2.15. The first-order chi connectivity index (χ1) is 13.2. The number of ether oxygens (including phenoxy) is 2. The highest BCUT2D eigenvalue weighted by Crippen LogP contribution is 2.30. The highest BCUT2D eigenvalue weighted by Gasteiger charge is 2.25. The molecule has 0 aliphatic rings. The Hall–Kier alpha value is -3.39. The standard InChI is InChI=1S/C23H23NO4/c1-15-8-6-7-9-18(15)22(26)28-19-11-10-16(13-20(19)27-5)12-17(14-24)21(25)23(2,3)4/h6-13H,1-5H3. The second-order valence-electron chi connectivity index (χ2n) is 7.36. The number of nitrogens with zero attached hydrogens (tertiary/aromatic N) is 1. The summed E-state index contributed by atoms with van der Waals surface area (Å²) >= 11 is 0. The van der Waals surface area contributed by atoms with Crippen LogP contribution in [0.1, 0.15) is 42.3 Å². The van der Waals surface area contributed by atoms with Crippen LogP contribution in [-0.2, 0) is 4.79 Å². The maximum Gasteiger partial charge on any atom is 0.343 e. The van der Waals surface area contributed by atoms with Gasteiger partial charge in [-0.05, 0) is 42.3 Å². The molecule has 0 radical (unpaired) electrons. The Kier molecular flexibility index (Phi) is 6.37. The Bertz CT molecular complexity index is 975. The van der Waals surface area contributed by atoms with E-state index in [1.165, 1.54) is 13.2 Å². The minimum atomic E-state index is -0.658. The number of hydrogen-bond acceptors (Lipinski definition) is 5. The van der Waals surface area contributed by atoms with Crippen molar-refractivity contribution in [3.63, 3.8) is 0 Å². The molecule has 5 nitrogen and oxygen atoms in total. The third-order valence-electron chi connectivity index (χ3n) is 4.11. The van der Waals surface area contributed by atoms with Gasteiger partial charge in [0.1, 0.15) is 6.07 Å². The van der Waals surface area contributed by atoms with Crippen molar-refractivity contribution in [3.05, 3.63) is 64.7 Å². The number of hydrogen-bond donors (Lipinski definition) is 0. The van der Waals surface area contributed by atoms with Crippen molar-refractivity contribution in [2.24, 2.45) is 5.41 Å². The van der Waals surface area contributed by atoms with Crippen molar-refractivity contribution in [1.82, 2.24) is 0 Å². The lowest BCUT2D eigenvalue weighted by Crippen LogP contribution is -2.21. The van der Waals surface area contributed by atoms with E-state index in [1.54, 1.807) is 51.1 Å². The van der Waals surface area contributed by atoms with Gasteiger partial charge in [0.05, 0.1) is 18.2 Å². The van der Waals surface area contributed by atoms with Crippen LogP contribution in [0.25, 0.3) is 6.08 Å². The first kappa shape index (κ1) is 20.9. The Morgan fingerprint density at radius 1 is 1.07 bits per heavy atom. The Balaban J connectivity index is 2.33. The summed E-state index contributed by atoms with van der Waals surface area (Å²) in [6.45, 7) is 7.11. The van der Waals surface area contributed by atoms with Crippen LogP contribution in [0, 0.1) is 23.7 Å². The molecule has 2 aromatic carbocycles. The molecule has 0 fully saturated rings. The van der Waals surface area contributed by atoms with E-state index in [9.17, 15) is 14.9 Å². The molecule has 0 heterocycles. The third kappa shape index (κ3) is 4.86. The molecule has 0 atom stereocenters. The molecule has 2 rings (SSSR count). The van der Waals surface area contributed by atoms with Crippen LogP contribution in [0.5, 0.6) is 11.5 Å². The highest BCUT2D eigenvalue weighted by molar-refractivity contribution is 6.06. The van der Waals surface area contributed by atoms with Gasteiger partial charge in [0.15, 0.2) is 17.3 Å². The van der Waals surface area contributed by atoms with Crippen molar-refractivity contribution >= 4 is 17.8 Å². The summed E-state index contributed by atoms with van der Waals surface area (Å²) in [7, 11) is 1.46. The maximum atomic E-state index is 12.4. The molecule has 28 heavy (non-hydrogen) atoms. The Morgan fingerprint density at radius 3 is 2.32 bits per heavy atom. The number of allylic oxidation sites excluding steroid dienone is 1. The van der Waals surface area contributed by atoms with Gasteiger partial charge in [-0.15, -0.1) is 0 Å². The monoisotopic (exact) mass is 377 g/mol. The zero-order valence-electron chi connectivity index (χ0n) is 16.7. The molecular weight excluding hydrogens is 354 g/mol. The minimum absolute atomic E-state index is 0.0548. The number of carbonyl (C=O) groups excluding carboxylic acids is 2. The van der Waals surface area contributed by atoms with Crippen LogP contribution in [0.4, 0.5) is 0 Å². The average Bonchev–Trinajstić information content (AvgIpc) is 2.66. The quantitative estimate of drug-likeness (QED) is 0.325. The van der Waals surface area contributed by atoms with Gasteiger partial charge in [0, 0.05) is 5.41 Å². The summed E-state index contributed by atoms with van der Waals surface area (Å²) in [5, 5.41) is 9.33. The number of esters is 1. The van der Waals surface area contributed by atoms with E-state index in [0.29, 0.717) is 16.9 Å². The number of aryl methyl sites for hydroxylation is 1. The van der Waals surface area contributed by atoms with E-state index < -0.39 is 11.4 Å². The fourth-order valence-electron chi connectivity index (χ4n) is 2.53. The van der Waals surface area contributed by atoms with Crippen LogP contribution in [0.15, 0.2) is 48.0 Å². The number of Topliss-reactive ketones (excluding diaryl/α,β-unsaturated/α-hetero) is 1. The zero-order chi connectivity index (χ0) is 20.9. The van der Waals surface area contributed by atoms with Crippen molar-refractivity contribution in [2.45, 2.75) is 27.7 Å². The van der Waals surface area contributed by atoms with E-state index in [0.717, 1.165) is 5.56 Å². The largest absolute Gasteiger partial charge is 0.493 e. The molecule has 0 saturated carbocycles. The lowest BCUT2D eigenvalue weighted by molar-refractivity contribution is -0.121. The van der Waals surface area contributed by atoms with Crippen LogP contribution in [0.2, 0.25) is 0 Å². The number of rotatable bonds is 5. The summed E-state index contributed by atoms with van der Waals surface area (Å²) in [6.07, 6.45) is 1.50. The van der Waals surface area contributed by atoms with Gasteiger partial charge in [-0.1, -0.05) is 45.0 Å². The first-order valence-corrected chi connectivity index (χ1v) is 8.80. The third-order valence-corrected chi connectivity index (χ3v) is 4.11. The molecule has 0 bridgehead atoms. The number of benzene rings is 2. The van der Waals surface area contributed by atoms with Gasteiger partial charge >= 0.3 is 5.97 Å². The number of carbonyl (C=O) groups is 2. The van der Waals surface area contributed by atoms with E-state index in [1.807, 2.05) is 25.1 Å². The van der Waals surface area contributed by atoms with Gasteiger partial charge in [0.25, 0.3) is 0 Å². The van der Waals surface area contributed by atoms with Crippen molar-refractivity contribution in [2.75, 3.05) is 7.11 Å². The molecule has 0 aliphatic carbocycles. The molecular formula is C23H23NO4. The molecule has 2 aromatic rings. The molecule has 0 amide bonds. The first-order valence-electron chi connectivity index (χ1n) is 8.80. The molecule has 0 spiro atoms. The second-order valence-corrected chi connectivity index (χ2v) is 7.36. The lowest BCUT2D eigenvalue weighted by atomic mass is 9.86. The van der Waals surface area contributed by atoms with Crippen molar-refractivity contribution in [1.29, 1.82) is 5.26 Å². The molecule has 0 aliphatic heterocycles. The summed E-state index contributed by atoms with van der Waals surface area (Å²) in [5.74, 6) is -0.144. The molecule has 144 valence electrons. The summed E-state index contributed by atoms with van der Waals surface area (Å²) in [6, 6.07) is 14.0. The van der Waals surface area contributed by atoms with Gasteiger partial charge < -0.3 is 9.47 Å². The summed E-state index contributed by atoms with van der Waals surface area (Å²) < 4.78 is 10.8. The minimum Gasteiger partial charge on any atom is -0.493 e. The molecule has 0 saturated heterocycles. The van der Waals surface area contributed by atoms with Gasteiger partial charge in [-0.3, -0.25) is 4.79 Å². The molecule has 0 unspecified atom stereocenters. The molecule has 0 aromatic heterocycles. The number of methoxy groups -OCH3 is 1. The van der Waals surface area contributed by atoms with E-state index in [-0.39, 0.29) is 17.1 Å². The second kappa shape index (κ2) is 8.53. The smallest absolute Gasteiger partial charge is 0.343 e. The van der Waals surface area contributed by atoms with Crippen LogP contribution in [-0.4, -0.2) is 18.9 Å². The molecule has 5 heteroatoms. The zero-order valence-corrected chi connectivity index (χ0v) is 16.7. The van der Waals surface area contributed by atoms with Crippen molar-refractivity contribution in [3.8, 4) is 17.6 Å². The number of ketones is 1. The van der Waals surface area contributed by atoms with Gasteiger partial charge in [-0.25, -0.2) is 4.79 Å². The van der Waals surface area contributed by atoms with Crippen LogP contribution < -0.4 is 9.47 Å². The van der Waals surface area contributed by atoms with Crippen LogP contribution >= 0.6 is 0 Å². The fraction of sp³-hybridized carbons (Fsp3) is 0.261. The topological polar surface area (TPSA) is 76.4 Å². The van der Waals surface area contributed by atoms with E-state index >= 15 is 0 Å². The Labute approximate surface area is 165 Å². The summed E-state index contributed by atoms with van der Waals surface area (Å²) in [5.41, 5.74) is 1.27. The van der Waals surface area contributed by atoms with Crippen molar-refractivity contribution < 1.29 is 19.1 Å². The fourth-order valence-corrected chi connectivity index (χ4v) is 2.53. The predicted octanol–water partition coefficient (Wildman–Crippen LogP) is 4.75. The summed E-state index contributed by atoms with van der Waals surface area (Å²) in [4.78, 5) is 24.8. The maximum absolute atomic E-state index is 12.4. The average molecular weight is 377 g/mol. The number of nitriles is 1. The Morgan fingerprint density at radius 2 is 1.75 bits per heavy atom. The van der Waals surface area contributed by atoms with E-state index in [2.05, 4.69) is 0 Å². The van der Waals surface area contributed by atoms with Gasteiger partial charge in [-0.2, -0.15) is 5.26 Å².